The van der Waals surface area contributed by atoms with Gasteiger partial charge >= 0.3 is 5.97 Å². The Kier molecular flexibility index (Phi) is 4.65. The van der Waals surface area contributed by atoms with Crippen LogP contribution in [0, 0.1) is 6.92 Å². The van der Waals surface area contributed by atoms with Crippen LogP contribution in [-0.4, -0.2) is 17.0 Å². The lowest BCUT2D eigenvalue weighted by Crippen LogP contribution is -2.15. The number of rotatable bonds is 3. The largest absolute Gasteiger partial charge is 0.478 e. The number of halogens is 2. The van der Waals surface area contributed by atoms with Crippen molar-refractivity contribution >= 4 is 45.1 Å². The number of benzene rings is 2. The van der Waals surface area contributed by atoms with Crippen molar-refractivity contribution in [1.82, 2.24) is 0 Å². The third kappa shape index (κ3) is 3.62. The number of aromatic carboxylic acids is 1. The van der Waals surface area contributed by atoms with E-state index >= 15 is 0 Å². The fourth-order valence-electron chi connectivity index (χ4n) is 1.80. The van der Waals surface area contributed by atoms with Crippen LogP contribution in [0.2, 0.25) is 5.02 Å². The molecule has 2 rings (SSSR count). The van der Waals surface area contributed by atoms with E-state index in [0.717, 1.165) is 5.56 Å². The average Bonchev–Trinajstić information content (AvgIpc) is 2.40. The maximum absolute atomic E-state index is 12.2. The monoisotopic (exact) mass is 367 g/mol. The van der Waals surface area contributed by atoms with Crippen LogP contribution in [0.25, 0.3) is 0 Å². The lowest BCUT2D eigenvalue weighted by molar-refractivity contribution is 0.0698. The first-order chi connectivity index (χ1) is 9.88. The van der Waals surface area contributed by atoms with Crippen molar-refractivity contribution in [3.8, 4) is 0 Å². The summed E-state index contributed by atoms with van der Waals surface area (Å²) in [6, 6.07) is 9.64. The molecule has 6 heteroatoms. The number of nitrogens with one attached hydrogen (secondary N) is 1. The number of anilines is 1. The molecule has 108 valence electrons. The molecule has 0 radical (unpaired) electrons. The minimum atomic E-state index is -1.12. The van der Waals surface area contributed by atoms with Gasteiger partial charge in [0, 0.05) is 4.47 Å². The van der Waals surface area contributed by atoms with Crippen molar-refractivity contribution in [3.63, 3.8) is 0 Å². The van der Waals surface area contributed by atoms with Gasteiger partial charge < -0.3 is 10.4 Å². The molecule has 0 atom stereocenters. The number of carbonyl (C=O) groups excluding carboxylic acids is 1. The van der Waals surface area contributed by atoms with Crippen molar-refractivity contribution in [2.75, 3.05) is 5.32 Å². The van der Waals surface area contributed by atoms with Gasteiger partial charge in [-0.1, -0.05) is 33.6 Å². The molecular formula is C15H11BrClNO3. The van der Waals surface area contributed by atoms with E-state index in [4.69, 9.17) is 16.7 Å². The molecule has 21 heavy (non-hydrogen) atoms. The number of aryl methyl sites for hydroxylation is 1. The van der Waals surface area contributed by atoms with E-state index in [0.29, 0.717) is 15.1 Å². The molecule has 0 aliphatic carbocycles. The molecule has 0 aromatic heterocycles. The van der Waals surface area contributed by atoms with Crippen molar-refractivity contribution in [1.29, 1.82) is 0 Å². The van der Waals surface area contributed by atoms with E-state index in [1.54, 1.807) is 24.3 Å². The SMILES string of the molecule is Cc1ccc(C(=O)Nc2ccc(Br)cc2C(=O)O)c(Cl)c1. The van der Waals surface area contributed by atoms with Gasteiger partial charge in [0.25, 0.3) is 5.91 Å². The average molecular weight is 369 g/mol. The van der Waals surface area contributed by atoms with Crippen LogP contribution in [0.3, 0.4) is 0 Å². The minimum absolute atomic E-state index is 0.000888. The minimum Gasteiger partial charge on any atom is -0.478 e. The van der Waals surface area contributed by atoms with E-state index in [2.05, 4.69) is 21.2 Å². The first-order valence-electron chi connectivity index (χ1n) is 5.99. The number of hydrogen-bond donors (Lipinski definition) is 2. The van der Waals surface area contributed by atoms with Crippen molar-refractivity contribution in [2.45, 2.75) is 6.92 Å². The van der Waals surface area contributed by atoms with Crippen LogP contribution in [0.1, 0.15) is 26.3 Å². The predicted octanol–water partition coefficient (Wildman–Crippen LogP) is 4.36. The van der Waals surface area contributed by atoms with Gasteiger partial charge in [0.15, 0.2) is 0 Å². The fraction of sp³-hybridized carbons (Fsp3) is 0.0667. The van der Waals surface area contributed by atoms with Crippen LogP contribution < -0.4 is 5.32 Å². The summed E-state index contributed by atoms with van der Waals surface area (Å²) in [5, 5.41) is 12.1. The first-order valence-corrected chi connectivity index (χ1v) is 7.16. The normalized spacial score (nSPS) is 10.2. The van der Waals surface area contributed by atoms with Gasteiger partial charge in [-0.15, -0.1) is 0 Å². The Labute approximate surface area is 134 Å². The molecule has 0 saturated carbocycles. The van der Waals surface area contributed by atoms with E-state index in [9.17, 15) is 9.59 Å². The molecule has 0 heterocycles. The highest BCUT2D eigenvalue weighted by atomic mass is 79.9. The van der Waals surface area contributed by atoms with E-state index in [1.165, 1.54) is 12.1 Å². The maximum atomic E-state index is 12.2. The van der Waals surface area contributed by atoms with Gasteiger partial charge in [-0.3, -0.25) is 4.79 Å². The first kappa shape index (κ1) is 15.5. The lowest BCUT2D eigenvalue weighted by Gasteiger charge is -2.10. The molecule has 0 bridgehead atoms. The summed E-state index contributed by atoms with van der Waals surface area (Å²) in [4.78, 5) is 23.4. The molecular weight excluding hydrogens is 358 g/mol. The third-order valence-corrected chi connectivity index (χ3v) is 3.64. The second-order valence-electron chi connectivity index (χ2n) is 4.43. The molecule has 2 aromatic rings. The molecule has 0 saturated heterocycles. The van der Waals surface area contributed by atoms with Crippen LogP contribution in [-0.2, 0) is 0 Å². The topological polar surface area (TPSA) is 66.4 Å². The standard InChI is InChI=1S/C15H11BrClNO3/c1-8-2-4-10(12(17)6-8)14(19)18-13-5-3-9(16)7-11(13)15(20)21/h2-7H,1H3,(H,18,19)(H,20,21). The van der Waals surface area contributed by atoms with E-state index in [-0.39, 0.29) is 11.3 Å². The number of carboxylic acids is 1. The smallest absolute Gasteiger partial charge is 0.337 e. The molecule has 4 nitrogen and oxygen atoms in total. The summed E-state index contributed by atoms with van der Waals surface area (Å²) in [5.41, 5.74) is 1.45. The molecule has 0 aliphatic heterocycles. The number of hydrogen-bond acceptors (Lipinski definition) is 2. The Balaban J connectivity index is 2.34. The molecule has 2 aromatic carbocycles. The zero-order valence-corrected chi connectivity index (χ0v) is 13.3. The third-order valence-electron chi connectivity index (χ3n) is 2.83. The summed E-state index contributed by atoms with van der Waals surface area (Å²) in [6.07, 6.45) is 0. The van der Waals surface area contributed by atoms with Crippen molar-refractivity contribution in [3.05, 3.63) is 62.6 Å². The van der Waals surface area contributed by atoms with Gasteiger partial charge in [0.2, 0.25) is 0 Å². The predicted molar refractivity (Wildman–Crippen MR) is 85.2 cm³/mol. The van der Waals surface area contributed by atoms with Gasteiger partial charge in [-0.25, -0.2) is 4.79 Å². The summed E-state index contributed by atoms with van der Waals surface area (Å²) >= 11 is 9.23. The highest BCUT2D eigenvalue weighted by Crippen LogP contribution is 2.23. The lowest BCUT2D eigenvalue weighted by atomic mass is 10.1. The molecule has 2 N–H and O–H groups in total. The maximum Gasteiger partial charge on any atom is 0.337 e. The fourth-order valence-corrected chi connectivity index (χ4v) is 2.48. The van der Waals surface area contributed by atoms with Crippen LogP contribution in [0.15, 0.2) is 40.9 Å². The molecule has 0 fully saturated rings. The summed E-state index contributed by atoms with van der Waals surface area (Å²) in [6.45, 7) is 1.87. The Morgan fingerprint density at radius 2 is 1.86 bits per heavy atom. The van der Waals surface area contributed by atoms with Crippen LogP contribution in [0.4, 0.5) is 5.69 Å². The second-order valence-corrected chi connectivity index (χ2v) is 5.76. The summed E-state index contributed by atoms with van der Waals surface area (Å²) < 4.78 is 0.617. The van der Waals surface area contributed by atoms with Gasteiger partial charge in [0.05, 0.1) is 21.8 Å². The zero-order chi connectivity index (χ0) is 15.6. The van der Waals surface area contributed by atoms with E-state index in [1.807, 2.05) is 6.92 Å². The number of carboxylic acid groups (broad SMARTS) is 1. The van der Waals surface area contributed by atoms with Gasteiger partial charge in [-0.2, -0.15) is 0 Å². The van der Waals surface area contributed by atoms with Gasteiger partial charge in [-0.05, 0) is 42.8 Å². The van der Waals surface area contributed by atoms with E-state index < -0.39 is 11.9 Å². The van der Waals surface area contributed by atoms with Crippen LogP contribution >= 0.6 is 27.5 Å². The number of amides is 1. The Morgan fingerprint density at radius 1 is 1.14 bits per heavy atom. The highest BCUT2D eigenvalue weighted by Gasteiger charge is 2.15. The Bertz CT molecular complexity index is 731. The zero-order valence-electron chi connectivity index (χ0n) is 11.0. The quantitative estimate of drug-likeness (QED) is 0.846. The van der Waals surface area contributed by atoms with Gasteiger partial charge in [0.1, 0.15) is 0 Å². The molecule has 0 spiro atoms. The molecule has 0 unspecified atom stereocenters. The second kappa shape index (κ2) is 6.28. The number of carbonyl (C=O) groups is 2. The summed E-state index contributed by atoms with van der Waals surface area (Å²) in [7, 11) is 0. The highest BCUT2D eigenvalue weighted by molar-refractivity contribution is 9.10. The summed E-state index contributed by atoms with van der Waals surface area (Å²) in [5.74, 6) is -1.58. The molecule has 1 amide bonds. The van der Waals surface area contributed by atoms with Crippen molar-refractivity contribution < 1.29 is 14.7 Å². The van der Waals surface area contributed by atoms with Crippen molar-refractivity contribution in [2.24, 2.45) is 0 Å². The Morgan fingerprint density at radius 3 is 2.48 bits per heavy atom. The van der Waals surface area contributed by atoms with Crippen LogP contribution in [0.5, 0.6) is 0 Å². The Hall–Kier alpha value is -1.85. The molecule has 0 aliphatic rings.